The number of amides is 1. The van der Waals surface area contributed by atoms with Crippen molar-refractivity contribution in [1.29, 1.82) is 0 Å². The first-order chi connectivity index (χ1) is 9.31. The zero-order valence-electron chi connectivity index (χ0n) is 12.1. The lowest BCUT2D eigenvalue weighted by atomic mass is 9.54. The van der Waals surface area contributed by atoms with E-state index < -0.39 is 11.0 Å². The third kappa shape index (κ3) is 2.31. The molecule has 0 aliphatic heterocycles. The average molecular weight is 280 g/mol. The van der Waals surface area contributed by atoms with Crippen LogP contribution in [-0.4, -0.2) is 24.2 Å². The average Bonchev–Trinajstić information content (AvgIpc) is 2.40. The van der Waals surface area contributed by atoms with Crippen molar-refractivity contribution < 1.29 is 13.9 Å². The highest BCUT2D eigenvalue weighted by Crippen LogP contribution is 2.50. The van der Waals surface area contributed by atoms with E-state index >= 15 is 0 Å². The minimum absolute atomic E-state index is 0.0172. The van der Waals surface area contributed by atoms with Gasteiger partial charge in [-0.2, -0.15) is 0 Å². The van der Waals surface area contributed by atoms with E-state index in [-0.39, 0.29) is 17.8 Å². The largest absolute Gasteiger partial charge is 0.378 e. The number of nitrogens with two attached hydrogens (primary N) is 1. The van der Waals surface area contributed by atoms with Gasteiger partial charge < -0.3 is 15.8 Å². The molecule has 0 aromatic heterocycles. The number of nitrogens with one attached hydrogen (secondary N) is 1. The molecule has 1 aromatic carbocycles. The zero-order valence-corrected chi connectivity index (χ0v) is 12.1. The molecule has 2 unspecified atom stereocenters. The fourth-order valence-electron chi connectivity index (χ4n) is 2.60. The summed E-state index contributed by atoms with van der Waals surface area (Å²) >= 11 is 0. The Morgan fingerprint density at radius 1 is 1.45 bits per heavy atom. The maximum atomic E-state index is 12.8. The second-order valence-corrected chi connectivity index (χ2v) is 5.80. The smallest absolute Gasteiger partial charge is 0.245 e. The van der Waals surface area contributed by atoms with Crippen LogP contribution in [0, 0.1) is 11.2 Å². The lowest BCUT2D eigenvalue weighted by Crippen LogP contribution is -2.74. The summed E-state index contributed by atoms with van der Waals surface area (Å²) in [6.07, 6.45) is 0.470. The molecule has 20 heavy (non-hydrogen) atoms. The molecular weight excluding hydrogens is 259 g/mol. The minimum atomic E-state index is -0.971. The molecule has 2 rings (SSSR count). The van der Waals surface area contributed by atoms with Gasteiger partial charge in [-0.15, -0.1) is 0 Å². The topological polar surface area (TPSA) is 64.3 Å². The number of ether oxygens (including phenoxy) is 1. The summed E-state index contributed by atoms with van der Waals surface area (Å²) in [6.45, 7) is 6.39. The van der Waals surface area contributed by atoms with Crippen molar-refractivity contribution in [3.63, 3.8) is 0 Å². The monoisotopic (exact) mass is 280 g/mol. The van der Waals surface area contributed by atoms with Gasteiger partial charge in [0.15, 0.2) is 0 Å². The third-order valence-corrected chi connectivity index (χ3v) is 4.34. The summed E-state index contributed by atoms with van der Waals surface area (Å²) in [5.74, 6) is -0.601. The Morgan fingerprint density at radius 2 is 2.05 bits per heavy atom. The highest BCUT2D eigenvalue weighted by Gasteiger charge is 2.62. The highest BCUT2D eigenvalue weighted by atomic mass is 19.1. The molecule has 110 valence electrons. The summed E-state index contributed by atoms with van der Waals surface area (Å²) in [5.41, 5.74) is 5.39. The lowest BCUT2D eigenvalue weighted by Gasteiger charge is -2.57. The molecule has 2 atom stereocenters. The van der Waals surface area contributed by atoms with Crippen LogP contribution in [0.1, 0.15) is 27.2 Å². The molecule has 3 N–H and O–H groups in total. The quantitative estimate of drug-likeness (QED) is 0.889. The van der Waals surface area contributed by atoms with Crippen LogP contribution < -0.4 is 11.1 Å². The van der Waals surface area contributed by atoms with Gasteiger partial charge in [-0.1, -0.05) is 13.8 Å². The summed E-state index contributed by atoms with van der Waals surface area (Å²) < 4.78 is 18.4. The standard InChI is InChI=1S/C15H21FN2O2/c1-4-20-12-9-15(17,14(12,2)3)13(19)18-11-7-5-10(16)6-8-11/h5-8,12H,4,9,17H2,1-3H3,(H,18,19). The summed E-state index contributed by atoms with van der Waals surface area (Å²) in [7, 11) is 0. The molecule has 1 aliphatic carbocycles. The zero-order chi connectivity index (χ0) is 15.0. The molecule has 1 amide bonds. The number of carbonyl (C=O) groups excluding carboxylic acids is 1. The van der Waals surface area contributed by atoms with Crippen LogP contribution in [0.25, 0.3) is 0 Å². The van der Waals surface area contributed by atoms with Crippen LogP contribution >= 0.6 is 0 Å². The molecule has 1 fully saturated rings. The lowest BCUT2D eigenvalue weighted by molar-refractivity contribution is -0.166. The van der Waals surface area contributed by atoms with Gasteiger partial charge in [0.1, 0.15) is 11.4 Å². The molecule has 1 aromatic rings. The van der Waals surface area contributed by atoms with E-state index in [1.807, 2.05) is 20.8 Å². The normalized spacial score (nSPS) is 27.8. The third-order valence-electron chi connectivity index (χ3n) is 4.34. The van der Waals surface area contributed by atoms with E-state index in [0.29, 0.717) is 18.7 Å². The second-order valence-electron chi connectivity index (χ2n) is 5.80. The molecule has 0 saturated heterocycles. The Hall–Kier alpha value is -1.46. The molecule has 0 bridgehead atoms. The first-order valence-electron chi connectivity index (χ1n) is 6.79. The second kappa shape index (κ2) is 5.14. The number of halogens is 1. The SMILES string of the molecule is CCOC1CC(N)(C(=O)Nc2ccc(F)cc2)C1(C)C. The van der Waals surface area contributed by atoms with Crippen molar-refractivity contribution in [2.75, 3.05) is 11.9 Å². The maximum absolute atomic E-state index is 12.8. The van der Waals surface area contributed by atoms with Crippen molar-refractivity contribution in [3.05, 3.63) is 30.1 Å². The Kier molecular flexibility index (Phi) is 3.84. The van der Waals surface area contributed by atoms with Gasteiger partial charge in [0.05, 0.1) is 6.10 Å². The van der Waals surface area contributed by atoms with Crippen molar-refractivity contribution in [2.45, 2.75) is 38.8 Å². The summed E-state index contributed by atoms with van der Waals surface area (Å²) in [5, 5.41) is 2.74. The predicted molar refractivity (Wildman–Crippen MR) is 75.8 cm³/mol. The van der Waals surface area contributed by atoms with Gasteiger partial charge in [0.25, 0.3) is 0 Å². The number of benzene rings is 1. The summed E-state index contributed by atoms with van der Waals surface area (Å²) in [6, 6.07) is 5.63. The van der Waals surface area contributed by atoms with Gasteiger partial charge in [0, 0.05) is 24.1 Å². The van der Waals surface area contributed by atoms with Gasteiger partial charge >= 0.3 is 0 Å². The van der Waals surface area contributed by atoms with Crippen LogP contribution in [0.15, 0.2) is 24.3 Å². The van der Waals surface area contributed by atoms with Crippen molar-refractivity contribution in [2.24, 2.45) is 11.1 Å². The Morgan fingerprint density at radius 3 is 2.55 bits per heavy atom. The molecule has 5 heteroatoms. The molecule has 1 saturated carbocycles. The van der Waals surface area contributed by atoms with Gasteiger partial charge in [-0.05, 0) is 31.2 Å². The van der Waals surface area contributed by atoms with Gasteiger partial charge in [-0.25, -0.2) is 4.39 Å². The number of hydrogen-bond acceptors (Lipinski definition) is 3. The van der Waals surface area contributed by atoms with Crippen LogP contribution in [0.2, 0.25) is 0 Å². The van der Waals surface area contributed by atoms with E-state index in [0.717, 1.165) is 0 Å². The van der Waals surface area contributed by atoms with E-state index in [1.165, 1.54) is 24.3 Å². The predicted octanol–water partition coefficient (Wildman–Crippen LogP) is 2.30. The molecule has 0 radical (unpaired) electrons. The molecular formula is C15H21FN2O2. The fraction of sp³-hybridized carbons (Fsp3) is 0.533. The van der Waals surface area contributed by atoms with Crippen molar-refractivity contribution >= 4 is 11.6 Å². The minimum Gasteiger partial charge on any atom is -0.378 e. The fourth-order valence-corrected chi connectivity index (χ4v) is 2.60. The highest BCUT2D eigenvalue weighted by molar-refractivity contribution is 5.99. The molecule has 1 aliphatic rings. The number of anilines is 1. The Bertz CT molecular complexity index is 501. The molecule has 0 spiro atoms. The van der Waals surface area contributed by atoms with Crippen molar-refractivity contribution in [1.82, 2.24) is 0 Å². The van der Waals surface area contributed by atoms with E-state index in [9.17, 15) is 9.18 Å². The van der Waals surface area contributed by atoms with Gasteiger partial charge in [0.2, 0.25) is 5.91 Å². The van der Waals surface area contributed by atoms with E-state index in [1.54, 1.807) is 0 Å². The molecule has 0 heterocycles. The Balaban J connectivity index is 2.08. The first kappa shape index (κ1) is 14.9. The first-order valence-corrected chi connectivity index (χ1v) is 6.79. The summed E-state index contributed by atoms with van der Waals surface area (Å²) in [4.78, 5) is 12.4. The van der Waals surface area contributed by atoms with Crippen LogP contribution in [0.5, 0.6) is 0 Å². The van der Waals surface area contributed by atoms with Crippen LogP contribution in [-0.2, 0) is 9.53 Å². The molecule has 4 nitrogen and oxygen atoms in total. The van der Waals surface area contributed by atoms with E-state index in [2.05, 4.69) is 5.32 Å². The number of rotatable bonds is 4. The van der Waals surface area contributed by atoms with E-state index in [4.69, 9.17) is 10.5 Å². The Labute approximate surface area is 118 Å². The van der Waals surface area contributed by atoms with Crippen LogP contribution in [0.3, 0.4) is 0 Å². The van der Waals surface area contributed by atoms with Gasteiger partial charge in [-0.3, -0.25) is 4.79 Å². The van der Waals surface area contributed by atoms with Crippen LogP contribution in [0.4, 0.5) is 10.1 Å². The number of carbonyl (C=O) groups is 1. The maximum Gasteiger partial charge on any atom is 0.245 e. The van der Waals surface area contributed by atoms with Crippen molar-refractivity contribution in [3.8, 4) is 0 Å². The number of hydrogen-bond donors (Lipinski definition) is 2.